The van der Waals surface area contributed by atoms with Gasteiger partial charge in [0.25, 0.3) is 0 Å². The first-order chi connectivity index (χ1) is 18.8. The Morgan fingerprint density at radius 1 is 0.526 bits per heavy atom. The highest BCUT2D eigenvalue weighted by Gasteiger charge is 2.09. The van der Waals surface area contributed by atoms with Gasteiger partial charge in [-0.2, -0.15) is 5.10 Å². The molecule has 5 rings (SSSR count). The summed E-state index contributed by atoms with van der Waals surface area (Å²) in [6, 6.07) is 46.1. The first-order valence-corrected chi connectivity index (χ1v) is 12.5. The second-order valence-corrected chi connectivity index (χ2v) is 8.68. The molecule has 0 bridgehead atoms. The van der Waals surface area contributed by atoms with Crippen LogP contribution in [0.5, 0.6) is 11.5 Å². The van der Waals surface area contributed by atoms with Crippen LogP contribution < -0.4 is 9.47 Å². The van der Waals surface area contributed by atoms with Crippen molar-refractivity contribution in [3.05, 3.63) is 167 Å². The molecule has 186 valence electrons. The Morgan fingerprint density at radius 3 is 1.53 bits per heavy atom. The third kappa shape index (κ3) is 6.83. The molecule has 0 saturated heterocycles. The lowest BCUT2D eigenvalue weighted by Gasteiger charge is -2.14. The van der Waals surface area contributed by atoms with Gasteiger partial charge in [-0.3, -0.25) is 0 Å². The molecule has 0 saturated carbocycles. The van der Waals surface area contributed by atoms with Crippen LogP contribution in [0.1, 0.15) is 27.8 Å². The maximum Gasteiger partial charge on any atom is 0.162 e. The van der Waals surface area contributed by atoms with E-state index in [2.05, 4.69) is 10.2 Å². The number of hydrogen-bond donors (Lipinski definition) is 0. The van der Waals surface area contributed by atoms with Gasteiger partial charge in [0.2, 0.25) is 0 Å². The second kappa shape index (κ2) is 12.8. The summed E-state index contributed by atoms with van der Waals surface area (Å²) in [5, 5.41) is 9.04. The predicted octanol–water partition coefficient (Wildman–Crippen LogP) is 7.72. The van der Waals surface area contributed by atoms with Crippen LogP contribution in [0.15, 0.2) is 150 Å². The van der Waals surface area contributed by atoms with E-state index in [0.717, 1.165) is 33.5 Å². The van der Waals surface area contributed by atoms with Crippen LogP contribution in [0.2, 0.25) is 0 Å². The van der Waals surface area contributed by atoms with E-state index in [1.807, 2.05) is 140 Å². The van der Waals surface area contributed by atoms with Crippen LogP contribution in [-0.4, -0.2) is 11.9 Å². The Bertz CT molecular complexity index is 1440. The highest BCUT2D eigenvalue weighted by molar-refractivity contribution is 6.12. The van der Waals surface area contributed by atoms with Gasteiger partial charge >= 0.3 is 0 Å². The molecule has 0 aromatic heterocycles. The first-order valence-electron chi connectivity index (χ1n) is 12.5. The van der Waals surface area contributed by atoms with Crippen molar-refractivity contribution < 1.29 is 9.47 Å². The number of hydrogen-bond acceptors (Lipinski definition) is 4. The standard InChI is InChI=1S/C34H28N2O2/c1-5-13-27(14-6-1)25-37-32-22-21-29(23-33(32)38-26-28-15-7-2-8-16-28)24-35-36-34(30-17-9-3-10-18-30)31-19-11-4-12-20-31/h1-24H,25-26H2/b35-24+. The molecular weight excluding hydrogens is 468 g/mol. The van der Waals surface area contributed by atoms with E-state index < -0.39 is 0 Å². The molecule has 0 spiro atoms. The highest BCUT2D eigenvalue weighted by atomic mass is 16.5. The summed E-state index contributed by atoms with van der Waals surface area (Å²) in [4.78, 5) is 0. The Kier molecular flexibility index (Phi) is 8.35. The van der Waals surface area contributed by atoms with Gasteiger partial charge in [0.1, 0.15) is 18.9 Å². The SMILES string of the molecule is C(=N\N=C(c1ccccc1)c1ccccc1)/c1ccc(OCc2ccccc2)c(OCc2ccccc2)c1. The third-order valence-electron chi connectivity index (χ3n) is 5.90. The Morgan fingerprint density at radius 2 is 1.00 bits per heavy atom. The molecule has 0 radical (unpaired) electrons. The van der Waals surface area contributed by atoms with Gasteiger partial charge < -0.3 is 9.47 Å². The molecule has 4 nitrogen and oxygen atoms in total. The van der Waals surface area contributed by atoms with E-state index in [0.29, 0.717) is 24.7 Å². The molecule has 5 aromatic rings. The van der Waals surface area contributed by atoms with E-state index in [9.17, 15) is 0 Å². The predicted molar refractivity (Wildman–Crippen MR) is 154 cm³/mol. The fraction of sp³-hybridized carbons (Fsp3) is 0.0588. The summed E-state index contributed by atoms with van der Waals surface area (Å²) >= 11 is 0. The molecule has 0 aliphatic heterocycles. The third-order valence-corrected chi connectivity index (χ3v) is 5.90. The van der Waals surface area contributed by atoms with Crippen LogP contribution in [0.25, 0.3) is 0 Å². The van der Waals surface area contributed by atoms with Crippen LogP contribution in [0.4, 0.5) is 0 Å². The van der Waals surface area contributed by atoms with Crippen molar-refractivity contribution in [2.75, 3.05) is 0 Å². The summed E-state index contributed by atoms with van der Waals surface area (Å²) in [5.74, 6) is 1.34. The van der Waals surface area contributed by atoms with E-state index >= 15 is 0 Å². The molecule has 0 amide bonds. The number of rotatable bonds is 10. The fourth-order valence-electron chi connectivity index (χ4n) is 3.94. The van der Waals surface area contributed by atoms with Gasteiger partial charge in [0, 0.05) is 11.1 Å². The van der Waals surface area contributed by atoms with Crippen molar-refractivity contribution in [1.82, 2.24) is 0 Å². The normalized spacial score (nSPS) is 10.7. The van der Waals surface area contributed by atoms with Crippen LogP contribution in [0, 0.1) is 0 Å². The van der Waals surface area contributed by atoms with E-state index in [1.54, 1.807) is 6.21 Å². The number of benzene rings is 5. The topological polar surface area (TPSA) is 43.2 Å². The number of nitrogens with zero attached hydrogens (tertiary/aromatic N) is 2. The minimum absolute atomic E-state index is 0.438. The molecule has 0 fully saturated rings. The average molecular weight is 497 g/mol. The van der Waals surface area contributed by atoms with Crippen molar-refractivity contribution in [3.63, 3.8) is 0 Å². The fourth-order valence-corrected chi connectivity index (χ4v) is 3.94. The minimum atomic E-state index is 0.438. The quantitative estimate of drug-likeness (QED) is 0.147. The van der Waals surface area contributed by atoms with Gasteiger partial charge in [0.05, 0.1) is 6.21 Å². The van der Waals surface area contributed by atoms with Gasteiger partial charge in [-0.25, -0.2) is 0 Å². The molecule has 38 heavy (non-hydrogen) atoms. The maximum atomic E-state index is 6.20. The Balaban J connectivity index is 1.40. The van der Waals surface area contributed by atoms with Crippen LogP contribution in [-0.2, 0) is 13.2 Å². The van der Waals surface area contributed by atoms with Gasteiger partial charge in [0.15, 0.2) is 11.5 Å². The van der Waals surface area contributed by atoms with Gasteiger partial charge in [-0.15, -0.1) is 5.10 Å². The van der Waals surface area contributed by atoms with Crippen molar-refractivity contribution in [2.24, 2.45) is 10.2 Å². The monoisotopic (exact) mass is 496 g/mol. The van der Waals surface area contributed by atoms with E-state index in [-0.39, 0.29) is 0 Å². The number of ether oxygens (including phenoxy) is 2. The largest absolute Gasteiger partial charge is 0.485 e. The lowest BCUT2D eigenvalue weighted by molar-refractivity contribution is 0.256. The van der Waals surface area contributed by atoms with Crippen molar-refractivity contribution in [3.8, 4) is 11.5 Å². The van der Waals surface area contributed by atoms with Crippen molar-refractivity contribution >= 4 is 11.9 Å². The molecule has 4 heteroatoms. The van der Waals surface area contributed by atoms with Gasteiger partial charge in [-0.05, 0) is 34.9 Å². The minimum Gasteiger partial charge on any atom is -0.485 e. The smallest absolute Gasteiger partial charge is 0.162 e. The first kappa shape index (κ1) is 24.7. The van der Waals surface area contributed by atoms with Crippen LogP contribution >= 0.6 is 0 Å². The zero-order chi connectivity index (χ0) is 25.8. The van der Waals surface area contributed by atoms with Crippen LogP contribution in [0.3, 0.4) is 0 Å². The lowest BCUT2D eigenvalue weighted by atomic mass is 10.0. The van der Waals surface area contributed by atoms with E-state index in [4.69, 9.17) is 9.47 Å². The molecule has 0 unspecified atom stereocenters. The second-order valence-electron chi connectivity index (χ2n) is 8.68. The maximum absolute atomic E-state index is 6.20. The molecule has 5 aromatic carbocycles. The Hall–Kier alpha value is -4.96. The summed E-state index contributed by atoms with van der Waals surface area (Å²) < 4.78 is 12.3. The average Bonchev–Trinajstić information content (AvgIpc) is 2.99. The molecule has 0 aliphatic rings. The van der Waals surface area contributed by atoms with E-state index in [1.165, 1.54) is 0 Å². The highest BCUT2D eigenvalue weighted by Crippen LogP contribution is 2.30. The molecule has 0 atom stereocenters. The molecule has 0 N–H and O–H groups in total. The zero-order valence-electron chi connectivity index (χ0n) is 21.0. The molecule has 0 aliphatic carbocycles. The summed E-state index contributed by atoms with van der Waals surface area (Å²) in [6.45, 7) is 0.894. The summed E-state index contributed by atoms with van der Waals surface area (Å²) in [7, 11) is 0. The van der Waals surface area contributed by atoms with Crippen molar-refractivity contribution in [2.45, 2.75) is 13.2 Å². The molecular formula is C34H28N2O2. The summed E-state index contributed by atoms with van der Waals surface area (Å²) in [5.41, 5.74) is 5.87. The zero-order valence-corrected chi connectivity index (χ0v) is 21.0. The lowest BCUT2D eigenvalue weighted by Crippen LogP contribution is -2.02. The molecule has 0 heterocycles. The van der Waals surface area contributed by atoms with Gasteiger partial charge in [-0.1, -0.05) is 121 Å². The Labute approximate surface area is 223 Å². The summed E-state index contributed by atoms with van der Waals surface area (Å²) in [6.07, 6.45) is 1.74. The van der Waals surface area contributed by atoms with Crippen molar-refractivity contribution in [1.29, 1.82) is 0 Å².